The van der Waals surface area contributed by atoms with Gasteiger partial charge in [-0.15, -0.1) is 11.8 Å². The summed E-state index contributed by atoms with van der Waals surface area (Å²) in [5, 5.41) is 1.07. The number of aromatic nitrogens is 1. The van der Waals surface area contributed by atoms with Crippen LogP contribution in [0.5, 0.6) is 0 Å². The Morgan fingerprint density at radius 2 is 2.19 bits per heavy atom. The molecule has 0 unspecified atom stereocenters. The number of rotatable bonds is 2. The molecule has 0 radical (unpaired) electrons. The summed E-state index contributed by atoms with van der Waals surface area (Å²) in [6, 6.07) is 3.86. The zero-order chi connectivity index (χ0) is 11.7. The zero-order valence-corrected chi connectivity index (χ0v) is 10.3. The number of H-pyrrole nitrogens is 1. The number of esters is 1. The van der Waals surface area contributed by atoms with Crippen molar-refractivity contribution in [2.24, 2.45) is 0 Å². The normalized spacial score (nSPS) is 10.7. The molecule has 2 aromatic rings. The Morgan fingerprint density at radius 1 is 1.44 bits per heavy atom. The highest BCUT2D eigenvalue weighted by molar-refractivity contribution is 7.98. The maximum absolute atomic E-state index is 11.6. The third-order valence-electron chi connectivity index (χ3n) is 2.61. The van der Waals surface area contributed by atoms with E-state index in [1.54, 1.807) is 11.8 Å². The number of aromatic amines is 1. The summed E-state index contributed by atoms with van der Waals surface area (Å²) in [5.74, 6) is -0.285. The lowest BCUT2D eigenvalue weighted by Crippen LogP contribution is -2.03. The van der Waals surface area contributed by atoms with Gasteiger partial charge in [-0.3, -0.25) is 0 Å². The molecule has 16 heavy (non-hydrogen) atoms. The van der Waals surface area contributed by atoms with E-state index in [9.17, 15) is 4.79 Å². The highest BCUT2D eigenvalue weighted by atomic mass is 32.2. The van der Waals surface area contributed by atoms with Gasteiger partial charge in [-0.25, -0.2) is 4.79 Å². The number of aryl methyl sites for hydroxylation is 1. The number of hydrogen-bond acceptors (Lipinski definition) is 3. The third kappa shape index (κ3) is 1.69. The Labute approximate surface area is 98.2 Å². The van der Waals surface area contributed by atoms with Crippen LogP contribution in [0.3, 0.4) is 0 Å². The minimum absolute atomic E-state index is 0.285. The van der Waals surface area contributed by atoms with E-state index in [0.29, 0.717) is 5.56 Å². The average Bonchev–Trinajstić information content (AvgIpc) is 2.68. The Kier molecular flexibility index (Phi) is 2.92. The summed E-state index contributed by atoms with van der Waals surface area (Å²) in [6.45, 7) is 1.91. The number of nitrogens with one attached hydrogen (secondary N) is 1. The maximum atomic E-state index is 11.6. The molecule has 3 nitrogen and oxygen atoms in total. The fraction of sp³-hybridized carbons (Fsp3) is 0.250. The minimum Gasteiger partial charge on any atom is -0.465 e. The SMILES string of the molecule is COC(=O)c1cc2c(SC)c[nH]c2cc1C. The van der Waals surface area contributed by atoms with E-state index in [4.69, 9.17) is 4.74 Å². The first-order valence-corrected chi connectivity index (χ1v) is 6.14. The molecule has 0 fully saturated rings. The van der Waals surface area contributed by atoms with E-state index in [2.05, 4.69) is 4.98 Å². The summed E-state index contributed by atoms with van der Waals surface area (Å²) in [5.41, 5.74) is 2.60. The van der Waals surface area contributed by atoms with Gasteiger partial charge >= 0.3 is 5.97 Å². The van der Waals surface area contributed by atoms with Crippen LogP contribution in [-0.4, -0.2) is 24.3 Å². The molecule has 84 valence electrons. The number of benzene rings is 1. The monoisotopic (exact) mass is 235 g/mol. The van der Waals surface area contributed by atoms with Crippen molar-refractivity contribution in [1.82, 2.24) is 4.98 Å². The van der Waals surface area contributed by atoms with Crippen LogP contribution in [0.25, 0.3) is 10.9 Å². The molecule has 1 aromatic heterocycles. The molecule has 0 aliphatic heterocycles. The van der Waals surface area contributed by atoms with E-state index in [1.165, 1.54) is 7.11 Å². The fourth-order valence-electron chi connectivity index (χ4n) is 1.75. The Morgan fingerprint density at radius 3 is 2.81 bits per heavy atom. The van der Waals surface area contributed by atoms with Gasteiger partial charge in [-0.1, -0.05) is 0 Å². The molecule has 0 saturated heterocycles. The van der Waals surface area contributed by atoms with Crippen molar-refractivity contribution in [3.05, 3.63) is 29.5 Å². The predicted molar refractivity (Wildman–Crippen MR) is 66.2 cm³/mol. The number of hydrogen-bond donors (Lipinski definition) is 1. The van der Waals surface area contributed by atoms with Crippen LogP contribution in [0.2, 0.25) is 0 Å². The smallest absolute Gasteiger partial charge is 0.338 e. The van der Waals surface area contributed by atoms with Crippen LogP contribution >= 0.6 is 11.8 Å². The van der Waals surface area contributed by atoms with Gasteiger partial charge in [0.25, 0.3) is 0 Å². The summed E-state index contributed by atoms with van der Waals surface area (Å²) < 4.78 is 4.76. The summed E-state index contributed by atoms with van der Waals surface area (Å²) in [6.07, 6.45) is 3.97. The van der Waals surface area contributed by atoms with Crippen LogP contribution in [0, 0.1) is 6.92 Å². The van der Waals surface area contributed by atoms with E-state index in [-0.39, 0.29) is 5.97 Å². The molecule has 0 atom stereocenters. The Bertz CT molecular complexity index is 545. The van der Waals surface area contributed by atoms with Gasteiger partial charge in [0.05, 0.1) is 12.7 Å². The Balaban J connectivity index is 2.67. The van der Waals surface area contributed by atoms with Gasteiger partial charge in [0.1, 0.15) is 0 Å². The number of methoxy groups -OCH3 is 1. The van der Waals surface area contributed by atoms with Crippen molar-refractivity contribution in [1.29, 1.82) is 0 Å². The van der Waals surface area contributed by atoms with E-state index in [0.717, 1.165) is 21.4 Å². The molecular weight excluding hydrogens is 222 g/mol. The average molecular weight is 235 g/mol. The van der Waals surface area contributed by atoms with Crippen molar-refractivity contribution in [3.8, 4) is 0 Å². The fourth-order valence-corrected chi connectivity index (χ4v) is 2.32. The predicted octanol–water partition coefficient (Wildman–Crippen LogP) is 2.98. The van der Waals surface area contributed by atoms with Crippen molar-refractivity contribution in [2.75, 3.05) is 13.4 Å². The lowest BCUT2D eigenvalue weighted by atomic mass is 10.1. The lowest BCUT2D eigenvalue weighted by Gasteiger charge is -2.04. The molecule has 4 heteroatoms. The highest BCUT2D eigenvalue weighted by Crippen LogP contribution is 2.28. The molecule has 0 spiro atoms. The molecule has 1 heterocycles. The van der Waals surface area contributed by atoms with Gasteiger partial charge in [0.15, 0.2) is 0 Å². The summed E-state index contributed by atoms with van der Waals surface area (Å²) in [7, 11) is 1.40. The van der Waals surface area contributed by atoms with Crippen LogP contribution in [-0.2, 0) is 4.74 Å². The third-order valence-corrected chi connectivity index (χ3v) is 3.39. The van der Waals surface area contributed by atoms with Crippen LogP contribution in [0.4, 0.5) is 0 Å². The second kappa shape index (κ2) is 4.22. The second-order valence-corrected chi connectivity index (χ2v) is 4.41. The first-order chi connectivity index (χ1) is 7.67. The van der Waals surface area contributed by atoms with Gasteiger partial charge in [-0.05, 0) is 30.9 Å². The number of ether oxygens (including phenoxy) is 1. The van der Waals surface area contributed by atoms with Crippen molar-refractivity contribution < 1.29 is 9.53 Å². The molecule has 0 aliphatic carbocycles. The molecule has 0 saturated carbocycles. The van der Waals surface area contributed by atoms with Gasteiger partial charge < -0.3 is 9.72 Å². The molecule has 0 bridgehead atoms. The van der Waals surface area contributed by atoms with Crippen molar-refractivity contribution >= 4 is 28.6 Å². The second-order valence-electron chi connectivity index (χ2n) is 3.56. The lowest BCUT2D eigenvalue weighted by molar-refractivity contribution is 0.0600. The molecule has 0 aliphatic rings. The maximum Gasteiger partial charge on any atom is 0.338 e. The van der Waals surface area contributed by atoms with E-state index < -0.39 is 0 Å². The summed E-state index contributed by atoms with van der Waals surface area (Å²) in [4.78, 5) is 15.9. The topological polar surface area (TPSA) is 42.1 Å². The molecular formula is C12H13NO2S. The molecule has 1 N–H and O–H groups in total. The first kappa shape index (κ1) is 11.1. The number of fused-ring (bicyclic) bond motifs is 1. The van der Waals surface area contributed by atoms with Gasteiger partial charge in [0, 0.05) is 22.0 Å². The number of carbonyl (C=O) groups excluding carboxylic acids is 1. The molecule has 1 aromatic carbocycles. The number of thioether (sulfide) groups is 1. The number of carbonyl (C=O) groups is 1. The largest absolute Gasteiger partial charge is 0.465 e. The van der Waals surface area contributed by atoms with Crippen LogP contribution in [0.1, 0.15) is 15.9 Å². The van der Waals surface area contributed by atoms with Crippen LogP contribution in [0.15, 0.2) is 23.2 Å². The van der Waals surface area contributed by atoms with Gasteiger partial charge in [0.2, 0.25) is 0 Å². The molecule has 2 rings (SSSR count). The minimum atomic E-state index is -0.285. The first-order valence-electron chi connectivity index (χ1n) is 4.91. The van der Waals surface area contributed by atoms with Gasteiger partial charge in [-0.2, -0.15) is 0 Å². The van der Waals surface area contributed by atoms with Crippen LogP contribution < -0.4 is 0 Å². The highest BCUT2D eigenvalue weighted by Gasteiger charge is 2.12. The van der Waals surface area contributed by atoms with E-state index >= 15 is 0 Å². The zero-order valence-electron chi connectivity index (χ0n) is 9.46. The Hall–Kier alpha value is -1.42. The van der Waals surface area contributed by atoms with E-state index in [1.807, 2.05) is 31.5 Å². The quantitative estimate of drug-likeness (QED) is 0.642. The van der Waals surface area contributed by atoms with Crippen molar-refractivity contribution in [3.63, 3.8) is 0 Å². The summed E-state index contributed by atoms with van der Waals surface area (Å²) >= 11 is 1.66. The molecule has 0 amide bonds. The van der Waals surface area contributed by atoms with Crippen molar-refractivity contribution in [2.45, 2.75) is 11.8 Å². The standard InChI is InChI=1S/C12H13NO2S/c1-7-4-10-9(11(16-3)6-13-10)5-8(7)12(14)15-2/h4-6,13H,1-3H3.